The van der Waals surface area contributed by atoms with Crippen LogP contribution < -0.4 is 4.90 Å². The van der Waals surface area contributed by atoms with Gasteiger partial charge in [0.05, 0.1) is 16.9 Å². The molecule has 0 saturated carbocycles. The van der Waals surface area contributed by atoms with Crippen molar-refractivity contribution in [1.29, 1.82) is 0 Å². The number of pyridine rings is 1. The fourth-order valence-corrected chi connectivity index (χ4v) is 6.84. The van der Waals surface area contributed by atoms with E-state index in [1.807, 2.05) is 30.6 Å². The van der Waals surface area contributed by atoms with E-state index in [4.69, 9.17) is 21.6 Å². The quantitative estimate of drug-likeness (QED) is 0.250. The Hall–Kier alpha value is -4.21. The lowest BCUT2D eigenvalue weighted by molar-refractivity contribution is -0.127. The van der Waals surface area contributed by atoms with Gasteiger partial charge in [-0.15, -0.1) is 0 Å². The zero-order valence-electron chi connectivity index (χ0n) is 24.1. The van der Waals surface area contributed by atoms with E-state index >= 15 is 4.39 Å². The monoisotopic (exact) mass is 598 g/mol. The first kappa shape index (κ1) is 27.6. The number of fused-ring (bicyclic) bond motifs is 4. The van der Waals surface area contributed by atoms with Crippen LogP contribution in [0.1, 0.15) is 18.9 Å². The Morgan fingerprint density at radius 1 is 1.12 bits per heavy atom. The summed E-state index contributed by atoms with van der Waals surface area (Å²) in [5, 5.41) is 12.9. The lowest BCUT2D eigenvalue weighted by atomic mass is 9.95. The minimum atomic E-state index is -0.537. The summed E-state index contributed by atoms with van der Waals surface area (Å²) in [5.74, 6) is 0.0692. The molecule has 10 heteroatoms. The molecule has 0 unspecified atom stereocenters. The van der Waals surface area contributed by atoms with Gasteiger partial charge in [-0.1, -0.05) is 42.4 Å². The van der Waals surface area contributed by atoms with Crippen molar-refractivity contribution in [3.8, 4) is 16.9 Å². The third kappa shape index (κ3) is 4.49. The van der Waals surface area contributed by atoms with Crippen LogP contribution in [0.2, 0.25) is 5.02 Å². The second-order valence-electron chi connectivity index (χ2n) is 11.7. The van der Waals surface area contributed by atoms with Gasteiger partial charge in [0, 0.05) is 49.2 Å². The number of phenolic OH excluding ortho intramolecular Hbond substituents is 1. The van der Waals surface area contributed by atoms with Gasteiger partial charge in [0.2, 0.25) is 5.91 Å². The Morgan fingerprint density at radius 2 is 1.86 bits per heavy atom. The van der Waals surface area contributed by atoms with Crippen molar-refractivity contribution >= 4 is 56.0 Å². The molecule has 2 aromatic heterocycles. The molecular weight excluding hydrogens is 567 g/mol. The Bertz CT molecular complexity index is 1920. The van der Waals surface area contributed by atoms with Gasteiger partial charge in [0.25, 0.3) is 0 Å². The molecule has 1 amide bonds. The number of aromatic hydroxyl groups is 1. The van der Waals surface area contributed by atoms with Gasteiger partial charge in [-0.2, -0.15) is 0 Å². The number of anilines is 1. The Morgan fingerprint density at radius 3 is 2.58 bits per heavy atom. The summed E-state index contributed by atoms with van der Waals surface area (Å²) in [6.07, 6.45) is 4.64. The highest BCUT2D eigenvalue weighted by Crippen LogP contribution is 2.44. The Balaban J connectivity index is 1.43. The zero-order valence-corrected chi connectivity index (χ0v) is 24.9. The van der Waals surface area contributed by atoms with Crippen molar-refractivity contribution in [3.63, 3.8) is 0 Å². The van der Waals surface area contributed by atoms with Gasteiger partial charge in [0.1, 0.15) is 16.8 Å². The van der Waals surface area contributed by atoms with Crippen molar-refractivity contribution in [2.24, 2.45) is 0 Å². The second kappa shape index (κ2) is 10.5. The summed E-state index contributed by atoms with van der Waals surface area (Å²) in [7, 11) is 4.11. The van der Waals surface area contributed by atoms with E-state index in [1.54, 1.807) is 23.1 Å². The maximum absolute atomic E-state index is 16.9. The number of hydrogen-bond donors (Lipinski definition) is 1. The van der Waals surface area contributed by atoms with Crippen molar-refractivity contribution in [2.75, 3.05) is 45.2 Å². The van der Waals surface area contributed by atoms with Crippen LogP contribution in [0.15, 0.2) is 61.4 Å². The summed E-state index contributed by atoms with van der Waals surface area (Å²) in [4.78, 5) is 28.1. The number of aromatic nitrogens is 3. The maximum Gasteiger partial charge on any atom is 0.245 e. The molecule has 2 aliphatic rings. The molecule has 0 radical (unpaired) electrons. The second-order valence-corrected chi connectivity index (χ2v) is 12.1. The number of phenols is 1. The van der Waals surface area contributed by atoms with Gasteiger partial charge >= 0.3 is 0 Å². The number of hydrogen-bond acceptors (Lipinski definition) is 6. The number of nitrogens with zero attached hydrogens (tertiary/aromatic N) is 6. The fraction of sp³-hybridized carbons (Fsp3) is 0.303. The summed E-state index contributed by atoms with van der Waals surface area (Å²) >= 11 is 6.92. The largest absolute Gasteiger partial charge is 0.508 e. The van der Waals surface area contributed by atoms with E-state index in [0.717, 1.165) is 42.2 Å². The number of amides is 1. The fourth-order valence-electron chi connectivity index (χ4n) is 6.54. The van der Waals surface area contributed by atoms with Gasteiger partial charge in [0.15, 0.2) is 11.6 Å². The van der Waals surface area contributed by atoms with E-state index in [2.05, 4.69) is 35.0 Å². The van der Waals surface area contributed by atoms with Crippen LogP contribution in [-0.4, -0.2) is 81.7 Å². The molecule has 0 bridgehead atoms. The van der Waals surface area contributed by atoms with Crippen LogP contribution in [0.3, 0.4) is 0 Å². The summed E-state index contributed by atoms with van der Waals surface area (Å²) in [5.41, 5.74) is 2.42. The molecule has 5 aromatic rings. The number of likely N-dealkylation sites (N-methyl/N-ethyl adjacent to an activating group) is 1. The van der Waals surface area contributed by atoms with Crippen LogP contribution >= 0.6 is 11.6 Å². The molecule has 0 atom stereocenters. The number of carbonyl (C=O) groups is 1. The number of likely N-dealkylation sites (tertiary alicyclic amines) is 1. The predicted molar refractivity (Wildman–Crippen MR) is 169 cm³/mol. The molecule has 3 aromatic carbocycles. The molecule has 7 rings (SSSR count). The molecule has 2 aliphatic heterocycles. The summed E-state index contributed by atoms with van der Waals surface area (Å²) in [6.45, 7) is 6.34. The SMILES string of the molecule is C=CC(=O)N1CCC(n2cnc3c(N4CC(N(C)C)C4)nc4c(F)c(-c5cc(O)cc6ccccc56)c(Cl)cc4c32)CC1. The van der Waals surface area contributed by atoms with Crippen LogP contribution in [0.25, 0.3) is 43.8 Å². The first-order valence-electron chi connectivity index (χ1n) is 14.5. The number of piperidine rings is 1. The summed E-state index contributed by atoms with van der Waals surface area (Å²) < 4.78 is 19.0. The molecule has 8 nitrogen and oxygen atoms in total. The topological polar surface area (TPSA) is 77.7 Å². The molecule has 0 aliphatic carbocycles. The lowest BCUT2D eigenvalue weighted by Gasteiger charge is -2.43. The van der Waals surface area contributed by atoms with Gasteiger partial charge in [-0.25, -0.2) is 14.4 Å². The summed E-state index contributed by atoms with van der Waals surface area (Å²) in [6, 6.07) is 13.0. The van der Waals surface area contributed by atoms with Crippen molar-refractivity contribution in [2.45, 2.75) is 24.9 Å². The van der Waals surface area contributed by atoms with Crippen molar-refractivity contribution in [3.05, 3.63) is 72.3 Å². The van der Waals surface area contributed by atoms with Crippen molar-refractivity contribution in [1.82, 2.24) is 24.3 Å². The molecule has 220 valence electrons. The van der Waals surface area contributed by atoms with Crippen LogP contribution in [0.5, 0.6) is 5.75 Å². The molecular formula is C33H32ClFN6O2. The normalized spacial score (nSPS) is 16.5. The Labute approximate surface area is 253 Å². The predicted octanol–water partition coefficient (Wildman–Crippen LogP) is 6.00. The lowest BCUT2D eigenvalue weighted by Crippen LogP contribution is -2.57. The number of imidazole rings is 1. The van der Waals surface area contributed by atoms with Crippen molar-refractivity contribution < 1.29 is 14.3 Å². The molecule has 0 spiro atoms. The third-order valence-electron chi connectivity index (χ3n) is 9.02. The smallest absolute Gasteiger partial charge is 0.245 e. The van der Waals surface area contributed by atoms with E-state index < -0.39 is 5.82 Å². The minimum absolute atomic E-state index is 0.0306. The van der Waals surface area contributed by atoms with Gasteiger partial charge in [-0.3, -0.25) is 4.79 Å². The highest BCUT2D eigenvalue weighted by Gasteiger charge is 2.34. The standard InChI is InChI=1S/C33H32ClFN6O2/c1-4-27(43)39-11-9-20(10-12-39)41-18-36-31-32(41)25-15-26(34)28(24-14-22(42)13-19-7-5-6-8-23(19)24)29(35)30(25)37-33(31)40-16-21(17-40)38(2)3/h4-8,13-15,18,20-21,42H,1,9-12,16-17H2,2-3H3. The molecule has 4 heterocycles. The van der Waals surface area contributed by atoms with Gasteiger partial charge in [-0.05, 0) is 67.5 Å². The average Bonchev–Trinajstić information content (AvgIpc) is 3.42. The first-order valence-corrected chi connectivity index (χ1v) is 14.9. The Kier molecular flexibility index (Phi) is 6.74. The van der Waals surface area contributed by atoms with E-state index in [-0.39, 0.29) is 33.8 Å². The number of rotatable bonds is 5. The molecule has 2 saturated heterocycles. The average molecular weight is 599 g/mol. The minimum Gasteiger partial charge on any atom is -0.508 e. The first-order chi connectivity index (χ1) is 20.7. The zero-order chi connectivity index (χ0) is 30.0. The van der Waals surface area contributed by atoms with E-state index in [1.165, 1.54) is 6.08 Å². The molecule has 43 heavy (non-hydrogen) atoms. The molecule has 2 fully saturated rings. The van der Waals surface area contributed by atoms with E-state index in [9.17, 15) is 9.90 Å². The van der Waals surface area contributed by atoms with Gasteiger partial charge < -0.3 is 24.4 Å². The molecule has 1 N–H and O–H groups in total. The third-order valence-corrected chi connectivity index (χ3v) is 9.32. The number of carbonyl (C=O) groups excluding carboxylic acids is 1. The number of halogens is 2. The van der Waals surface area contributed by atoms with Crippen LogP contribution in [0, 0.1) is 5.82 Å². The van der Waals surface area contributed by atoms with Crippen LogP contribution in [0.4, 0.5) is 10.2 Å². The highest BCUT2D eigenvalue weighted by molar-refractivity contribution is 6.35. The van der Waals surface area contributed by atoms with E-state index in [0.29, 0.717) is 41.4 Å². The maximum atomic E-state index is 16.9. The highest BCUT2D eigenvalue weighted by atomic mass is 35.5. The number of benzene rings is 3. The van der Waals surface area contributed by atoms with Crippen LogP contribution in [-0.2, 0) is 4.79 Å².